The summed E-state index contributed by atoms with van der Waals surface area (Å²) in [6.07, 6.45) is 2.85. The number of hydrogen-bond acceptors (Lipinski definition) is 6. The van der Waals surface area contributed by atoms with Crippen LogP contribution < -0.4 is 0 Å². The summed E-state index contributed by atoms with van der Waals surface area (Å²) in [5.41, 5.74) is 0.665. The van der Waals surface area contributed by atoms with Gasteiger partial charge in [-0.05, 0) is 0 Å². The molecule has 15 heavy (non-hydrogen) atoms. The molecule has 7 heteroatoms. The van der Waals surface area contributed by atoms with Crippen molar-refractivity contribution < 1.29 is 18.8 Å². The molecule has 0 aliphatic rings. The molecule has 1 N–H and O–H groups in total. The highest BCUT2D eigenvalue weighted by molar-refractivity contribution is 5.68. The smallest absolute Gasteiger partial charge is 0.312 e. The lowest BCUT2D eigenvalue weighted by atomic mass is 10.3. The van der Waals surface area contributed by atoms with E-state index in [2.05, 4.69) is 15.1 Å². The second-order valence-electron chi connectivity index (χ2n) is 2.83. The molecule has 0 spiro atoms. The van der Waals surface area contributed by atoms with Gasteiger partial charge in [-0.25, -0.2) is 4.98 Å². The number of hydrogen-bond donors (Lipinski definition) is 1. The van der Waals surface area contributed by atoms with Crippen molar-refractivity contribution >= 4 is 5.97 Å². The average molecular weight is 209 g/mol. The minimum absolute atomic E-state index is 0.0843. The van der Waals surface area contributed by atoms with E-state index >= 15 is 0 Å². The van der Waals surface area contributed by atoms with Crippen LogP contribution in [0, 0.1) is 0 Å². The van der Waals surface area contributed by atoms with Gasteiger partial charge in [-0.1, -0.05) is 5.16 Å². The van der Waals surface area contributed by atoms with Crippen LogP contribution in [-0.2, 0) is 17.6 Å². The van der Waals surface area contributed by atoms with E-state index < -0.39 is 5.97 Å². The van der Waals surface area contributed by atoms with Crippen molar-refractivity contribution in [3.8, 4) is 0 Å². The molecule has 0 amide bonds. The van der Waals surface area contributed by atoms with Gasteiger partial charge in [0.15, 0.2) is 12.2 Å². The molecule has 2 rings (SSSR count). The topological polar surface area (TPSA) is 102 Å². The van der Waals surface area contributed by atoms with E-state index in [1.807, 2.05) is 0 Å². The zero-order chi connectivity index (χ0) is 10.7. The lowest BCUT2D eigenvalue weighted by Gasteiger charge is -1.85. The number of nitrogens with zero attached hydrogens (tertiary/aromatic N) is 3. The summed E-state index contributed by atoms with van der Waals surface area (Å²) in [5.74, 6) is -0.534. The molecule has 2 aromatic heterocycles. The van der Waals surface area contributed by atoms with Gasteiger partial charge >= 0.3 is 5.97 Å². The molecule has 0 atom stereocenters. The molecule has 0 fully saturated rings. The van der Waals surface area contributed by atoms with Crippen LogP contribution in [-0.4, -0.2) is 26.2 Å². The molecule has 0 saturated carbocycles. The number of aromatic nitrogens is 3. The van der Waals surface area contributed by atoms with Crippen molar-refractivity contribution in [1.29, 1.82) is 0 Å². The fourth-order valence-corrected chi connectivity index (χ4v) is 1.05. The first kappa shape index (κ1) is 9.38. The molecule has 0 aromatic carbocycles. The lowest BCUT2D eigenvalue weighted by Crippen LogP contribution is -2.00. The highest BCUT2D eigenvalue weighted by Crippen LogP contribution is 2.04. The van der Waals surface area contributed by atoms with Crippen molar-refractivity contribution in [1.82, 2.24) is 15.1 Å². The number of carboxylic acid groups (broad SMARTS) is 1. The van der Waals surface area contributed by atoms with Crippen molar-refractivity contribution in [2.75, 3.05) is 0 Å². The lowest BCUT2D eigenvalue weighted by molar-refractivity contribution is -0.136. The average Bonchev–Trinajstić information content (AvgIpc) is 2.77. The highest BCUT2D eigenvalue weighted by Gasteiger charge is 2.11. The van der Waals surface area contributed by atoms with Gasteiger partial charge in [-0.2, -0.15) is 4.98 Å². The zero-order valence-corrected chi connectivity index (χ0v) is 7.58. The monoisotopic (exact) mass is 209 g/mol. The second kappa shape index (κ2) is 3.91. The quantitative estimate of drug-likeness (QED) is 0.771. The Labute approximate surface area is 83.7 Å². The molecule has 2 aromatic rings. The van der Waals surface area contributed by atoms with Gasteiger partial charge in [0.2, 0.25) is 5.89 Å². The number of aliphatic carboxylic acids is 1. The predicted molar refractivity (Wildman–Crippen MR) is 44.9 cm³/mol. The number of carboxylic acids is 1. The molecular formula is C8H7N3O4. The van der Waals surface area contributed by atoms with Crippen LogP contribution in [0.25, 0.3) is 0 Å². The van der Waals surface area contributed by atoms with E-state index in [1.165, 1.54) is 12.7 Å². The van der Waals surface area contributed by atoms with E-state index in [-0.39, 0.29) is 12.3 Å². The molecular weight excluding hydrogens is 202 g/mol. The van der Waals surface area contributed by atoms with E-state index in [1.54, 1.807) is 0 Å². The molecule has 78 valence electrons. The highest BCUT2D eigenvalue weighted by atomic mass is 16.5. The molecule has 7 nitrogen and oxygen atoms in total. The molecule has 0 bridgehead atoms. The zero-order valence-electron chi connectivity index (χ0n) is 7.58. The van der Waals surface area contributed by atoms with Crippen LogP contribution in [0.4, 0.5) is 0 Å². The predicted octanol–water partition coefficient (Wildman–Crippen LogP) is 0.276. The Morgan fingerprint density at radius 2 is 2.40 bits per heavy atom. The fraction of sp³-hybridized carbons (Fsp3) is 0.250. The van der Waals surface area contributed by atoms with Crippen molar-refractivity contribution in [2.45, 2.75) is 12.8 Å². The first-order chi connectivity index (χ1) is 7.24. The van der Waals surface area contributed by atoms with E-state index in [0.29, 0.717) is 17.9 Å². The van der Waals surface area contributed by atoms with E-state index in [0.717, 1.165) is 0 Å². The Balaban J connectivity index is 2.04. The van der Waals surface area contributed by atoms with Gasteiger partial charge in [0.05, 0.1) is 12.1 Å². The Morgan fingerprint density at radius 1 is 1.53 bits per heavy atom. The standard InChI is InChI=1S/C8H7N3O4/c12-8(13)2-7-10-6(11-15-7)1-5-3-14-4-9-5/h3-4H,1-2H2,(H,12,13). The summed E-state index contributed by atoms with van der Waals surface area (Å²) in [6, 6.07) is 0. The van der Waals surface area contributed by atoms with Gasteiger partial charge < -0.3 is 14.0 Å². The van der Waals surface area contributed by atoms with E-state index in [4.69, 9.17) is 14.0 Å². The van der Waals surface area contributed by atoms with Gasteiger partial charge in [-0.15, -0.1) is 0 Å². The van der Waals surface area contributed by atoms with Crippen LogP contribution in [0.15, 0.2) is 21.6 Å². The summed E-state index contributed by atoms with van der Waals surface area (Å²) in [7, 11) is 0. The van der Waals surface area contributed by atoms with Gasteiger partial charge in [-0.3, -0.25) is 4.79 Å². The summed E-state index contributed by atoms with van der Waals surface area (Å²) >= 11 is 0. The van der Waals surface area contributed by atoms with Crippen LogP contribution in [0.5, 0.6) is 0 Å². The third-order valence-corrected chi connectivity index (χ3v) is 1.64. The molecule has 0 aliphatic heterocycles. The number of carbonyl (C=O) groups is 1. The molecule has 0 radical (unpaired) electrons. The SMILES string of the molecule is O=C(O)Cc1nc(Cc2cocn2)no1. The number of oxazole rings is 1. The maximum Gasteiger partial charge on any atom is 0.312 e. The van der Waals surface area contributed by atoms with Gasteiger partial charge in [0, 0.05) is 0 Å². The Bertz CT molecular complexity index is 448. The van der Waals surface area contributed by atoms with E-state index in [9.17, 15) is 4.79 Å². The largest absolute Gasteiger partial charge is 0.481 e. The van der Waals surface area contributed by atoms with Gasteiger partial charge in [0.1, 0.15) is 12.7 Å². The van der Waals surface area contributed by atoms with Crippen LogP contribution in [0.1, 0.15) is 17.4 Å². The van der Waals surface area contributed by atoms with Crippen molar-refractivity contribution in [3.05, 3.63) is 30.1 Å². The molecule has 2 heterocycles. The maximum atomic E-state index is 10.3. The van der Waals surface area contributed by atoms with Gasteiger partial charge in [0.25, 0.3) is 0 Å². The fourth-order valence-electron chi connectivity index (χ4n) is 1.05. The minimum atomic E-state index is -1.01. The summed E-state index contributed by atoms with van der Waals surface area (Å²) in [4.78, 5) is 18.1. The number of rotatable bonds is 4. The van der Waals surface area contributed by atoms with Crippen LogP contribution in [0.2, 0.25) is 0 Å². The Hall–Kier alpha value is -2.18. The first-order valence-corrected chi connectivity index (χ1v) is 4.14. The molecule has 0 unspecified atom stereocenters. The normalized spacial score (nSPS) is 10.4. The van der Waals surface area contributed by atoms with Crippen molar-refractivity contribution in [3.63, 3.8) is 0 Å². The first-order valence-electron chi connectivity index (χ1n) is 4.14. The second-order valence-corrected chi connectivity index (χ2v) is 2.83. The Morgan fingerprint density at radius 3 is 3.07 bits per heavy atom. The molecule has 0 saturated heterocycles. The third-order valence-electron chi connectivity index (χ3n) is 1.64. The van der Waals surface area contributed by atoms with Crippen molar-refractivity contribution in [2.24, 2.45) is 0 Å². The molecule has 0 aliphatic carbocycles. The Kier molecular flexibility index (Phi) is 2.44. The maximum absolute atomic E-state index is 10.3. The minimum Gasteiger partial charge on any atom is -0.481 e. The third kappa shape index (κ3) is 2.39. The van der Waals surface area contributed by atoms with Crippen LogP contribution in [0.3, 0.4) is 0 Å². The summed E-state index contributed by atoms with van der Waals surface area (Å²) in [5, 5.41) is 12.1. The van der Waals surface area contributed by atoms with Crippen LogP contribution >= 0.6 is 0 Å². The summed E-state index contributed by atoms with van der Waals surface area (Å²) < 4.78 is 9.49. The summed E-state index contributed by atoms with van der Waals surface area (Å²) in [6.45, 7) is 0.